The summed E-state index contributed by atoms with van der Waals surface area (Å²) in [6.45, 7) is 4.96. The van der Waals surface area contributed by atoms with Crippen LogP contribution in [0, 0.1) is 5.92 Å². The van der Waals surface area contributed by atoms with Crippen molar-refractivity contribution in [2.75, 3.05) is 6.54 Å². The van der Waals surface area contributed by atoms with E-state index in [2.05, 4.69) is 20.5 Å². The summed E-state index contributed by atoms with van der Waals surface area (Å²) in [5.41, 5.74) is -1.38. The third kappa shape index (κ3) is 8.65. The molecule has 1 saturated heterocycles. The highest BCUT2D eigenvalue weighted by molar-refractivity contribution is 7.91. The Labute approximate surface area is 302 Å². The van der Waals surface area contributed by atoms with Gasteiger partial charge in [0.05, 0.1) is 23.0 Å². The van der Waals surface area contributed by atoms with Gasteiger partial charge in [0.15, 0.2) is 0 Å². The molecule has 2 saturated carbocycles. The van der Waals surface area contributed by atoms with Crippen molar-refractivity contribution in [3.8, 4) is 5.69 Å². The van der Waals surface area contributed by atoms with Gasteiger partial charge < -0.3 is 25.0 Å². The van der Waals surface area contributed by atoms with Crippen molar-refractivity contribution in [3.63, 3.8) is 0 Å². The second-order valence-electron chi connectivity index (χ2n) is 15.0. The molecule has 1 aromatic carbocycles. The van der Waals surface area contributed by atoms with Crippen LogP contribution in [0.3, 0.4) is 0 Å². The number of rotatable bonds is 7. The van der Waals surface area contributed by atoms with E-state index in [1.165, 1.54) is 4.90 Å². The highest BCUT2D eigenvalue weighted by Gasteiger charge is 2.62. The number of fused-ring (bicyclic) bond motifs is 2. The summed E-state index contributed by atoms with van der Waals surface area (Å²) in [5, 5.41) is 9.02. The molecular weight excluding hydrogens is 692 g/mol. The van der Waals surface area contributed by atoms with Gasteiger partial charge in [0.25, 0.3) is 5.91 Å². The summed E-state index contributed by atoms with van der Waals surface area (Å²) in [6.07, 6.45) is 9.49. The zero-order chi connectivity index (χ0) is 37.3. The minimum absolute atomic E-state index is 0.0909. The molecule has 5 unspecified atom stereocenters. The van der Waals surface area contributed by atoms with E-state index in [1.54, 1.807) is 68.2 Å². The fourth-order valence-corrected chi connectivity index (χ4v) is 8.05. The summed E-state index contributed by atoms with van der Waals surface area (Å²) in [5.74, 6) is -3.21. The van der Waals surface area contributed by atoms with Crippen LogP contribution >= 0.6 is 0 Å². The van der Waals surface area contributed by atoms with Crippen LogP contribution in [0.25, 0.3) is 5.69 Å². The number of aromatic nitrogens is 2. The summed E-state index contributed by atoms with van der Waals surface area (Å²) in [6, 6.07) is 6.12. The summed E-state index contributed by atoms with van der Waals surface area (Å²) < 4.78 is 40.6. The van der Waals surface area contributed by atoms with E-state index in [-0.39, 0.29) is 31.4 Å². The van der Waals surface area contributed by atoms with E-state index in [9.17, 15) is 32.4 Å². The third-order valence-electron chi connectivity index (χ3n) is 9.68. The molecule has 5 atom stereocenters. The van der Waals surface area contributed by atoms with E-state index in [0.29, 0.717) is 25.7 Å². The predicted molar refractivity (Wildman–Crippen MR) is 187 cm³/mol. The average molecular weight is 739 g/mol. The van der Waals surface area contributed by atoms with Gasteiger partial charge in [0, 0.05) is 24.7 Å². The SMILES string of the molecule is CC(C)(C)OC(=O)NC1CCCCC/C=C\C2CC2(C(=O)NS(=O)(=O)C2CC2)NC(=O)C2CC(OC(=O)c3ccc(-n4cccn4)cc3)CN2C1=O. The molecule has 4 aliphatic rings. The lowest BCUT2D eigenvalue weighted by Crippen LogP contribution is -2.58. The van der Waals surface area contributed by atoms with Gasteiger partial charge in [0.2, 0.25) is 21.8 Å². The van der Waals surface area contributed by atoms with Crippen LogP contribution in [0.4, 0.5) is 4.79 Å². The number of nitrogens with zero attached hydrogens (tertiary/aromatic N) is 3. The smallest absolute Gasteiger partial charge is 0.408 e. The summed E-state index contributed by atoms with van der Waals surface area (Å²) in [4.78, 5) is 69.6. The molecule has 280 valence electrons. The predicted octanol–water partition coefficient (Wildman–Crippen LogP) is 2.90. The number of allylic oxidation sites excluding steroid dienone is 1. The normalized spacial score (nSPS) is 27.5. The number of carbonyl (C=O) groups excluding carboxylic acids is 5. The van der Waals surface area contributed by atoms with Crippen molar-refractivity contribution >= 4 is 39.8 Å². The van der Waals surface area contributed by atoms with Crippen LogP contribution < -0.4 is 15.4 Å². The maximum atomic E-state index is 14.3. The Balaban J connectivity index is 1.25. The maximum Gasteiger partial charge on any atom is 0.408 e. The molecular formula is C36H46N6O9S. The molecule has 16 heteroatoms. The monoisotopic (exact) mass is 738 g/mol. The first-order chi connectivity index (χ1) is 24.6. The Hall–Kier alpha value is -4.73. The standard InChI is InChI=1S/C36H46N6O9S/c1-35(2,3)51-34(47)38-28-11-8-6-4-5-7-10-24-21-36(24,33(46)40-52(48,49)27-16-17-27)39-30(43)29-20-26(22-41(29)31(28)44)50-32(45)23-12-14-25(15-13-23)42-19-9-18-37-42/h7,9-10,12-15,18-19,24,26-29H,4-6,8,11,16-17,20-22H2,1-3H3,(H,38,47)(H,39,43)(H,40,46)/b10-7-. The van der Waals surface area contributed by atoms with E-state index in [0.717, 1.165) is 18.5 Å². The number of nitrogens with one attached hydrogen (secondary N) is 3. The Morgan fingerprint density at radius 1 is 1.04 bits per heavy atom. The van der Waals surface area contributed by atoms with Crippen molar-refractivity contribution in [3.05, 3.63) is 60.4 Å². The van der Waals surface area contributed by atoms with Gasteiger partial charge in [-0.05, 0) is 89.6 Å². The molecule has 0 bridgehead atoms. The fourth-order valence-electron chi connectivity index (χ4n) is 6.69. The zero-order valence-electron chi connectivity index (χ0n) is 29.6. The topological polar surface area (TPSA) is 195 Å². The first-order valence-electron chi connectivity index (χ1n) is 17.8. The number of hydrogen-bond acceptors (Lipinski definition) is 10. The van der Waals surface area contributed by atoms with Gasteiger partial charge in [0.1, 0.15) is 29.3 Å². The van der Waals surface area contributed by atoms with E-state index in [4.69, 9.17) is 9.47 Å². The number of alkyl carbamates (subject to hydrolysis) is 1. The number of sulfonamides is 1. The van der Waals surface area contributed by atoms with E-state index in [1.807, 2.05) is 12.2 Å². The Bertz CT molecular complexity index is 1820. The molecule has 3 N–H and O–H groups in total. The molecule has 2 aromatic rings. The van der Waals surface area contributed by atoms with Gasteiger partial charge in [-0.25, -0.2) is 22.7 Å². The fraction of sp³-hybridized carbons (Fsp3) is 0.556. The number of hydrogen-bond donors (Lipinski definition) is 3. The number of ether oxygens (including phenoxy) is 2. The number of carbonyl (C=O) groups is 5. The van der Waals surface area contributed by atoms with Crippen molar-refractivity contribution in [2.45, 2.75) is 113 Å². The minimum atomic E-state index is -3.91. The second-order valence-corrected chi connectivity index (χ2v) is 16.9. The van der Waals surface area contributed by atoms with Gasteiger partial charge in [-0.15, -0.1) is 0 Å². The molecule has 52 heavy (non-hydrogen) atoms. The molecule has 0 radical (unpaired) electrons. The molecule has 2 aliphatic carbocycles. The zero-order valence-corrected chi connectivity index (χ0v) is 30.4. The van der Waals surface area contributed by atoms with Crippen LogP contribution in [0.5, 0.6) is 0 Å². The Morgan fingerprint density at radius 2 is 1.79 bits per heavy atom. The largest absolute Gasteiger partial charge is 0.457 e. The Kier molecular flexibility index (Phi) is 10.5. The van der Waals surface area contributed by atoms with Crippen molar-refractivity contribution in [1.82, 2.24) is 30.0 Å². The average Bonchev–Trinajstić information content (AvgIpc) is 3.94. The Morgan fingerprint density at radius 3 is 2.46 bits per heavy atom. The van der Waals surface area contributed by atoms with Crippen LogP contribution in [-0.2, 0) is 33.9 Å². The first-order valence-corrected chi connectivity index (χ1v) is 19.4. The van der Waals surface area contributed by atoms with E-state index >= 15 is 0 Å². The molecule has 1 aromatic heterocycles. The maximum absolute atomic E-state index is 14.3. The molecule has 4 amide bonds. The number of benzene rings is 1. The summed E-state index contributed by atoms with van der Waals surface area (Å²) in [7, 11) is -3.91. The molecule has 3 heterocycles. The van der Waals surface area contributed by atoms with Gasteiger partial charge in [-0.1, -0.05) is 25.0 Å². The third-order valence-corrected chi connectivity index (χ3v) is 11.5. The molecule has 3 fully saturated rings. The van der Waals surface area contributed by atoms with Crippen LogP contribution in [0.2, 0.25) is 0 Å². The molecule has 6 rings (SSSR count). The van der Waals surface area contributed by atoms with Crippen LogP contribution in [0.1, 0.15) is 88.9 Å². The molecule has 2 aliphatic heterocycles. The van der Waals surface area contributed by atoms with Crippen LogP contribution in [0.15, 0.2) is 54.9 Å². The van der Waals surface area contributed by atoms with E-state index < -0.39 is 80.3 Å². The minimum Gasteiger partial charge on any atom is -0.457 e. The quantitative estimate of drug-likeness (QED) is 0.281. The van der Waals surface area contributed by atoms with Crippen molar-refractivity contribution in [1.29, 1.82) is 0 Å². The lowest BCUT2D eigenvalue weighted by molar-refractivity contribution is -0.141. The van der Waals surface area contributed by atoms with Crippen molar-refractivity contribution < 1.29 is 41.9 Å². The first kappa shape index (κ1) is 37.0. The number of esters is 1. The van der Waals surface area contributed by atoms with Gasteiger partial charge in [-0.2, -0.15) is 5.10 Å². The van der Waals surface area contributed by atoms with Gasteiger partial charge in [-0.3, -0.25) is 19.1 Å². The van der Waals surface area contributed by atoms with Crippen molar-refractivity contribution in [2.24, 2.45) is 5.92 Å². The van der Waals surface area contributed by atoms with Crippen LogP contribution in [-0.4, -0.2) is 94.0 Å². The molecule has 0 spiro atoms. The van der Waals surface area contributed by atoms with Gasteiger partial charge >= 0.3 is 12.1 Å². The molecule has 15 nitrogen and oxygen atoms in total. The lowest BCUT2D eigenvalue weighted by atomic mass is 10.0. The lowest BCUT2D eigenvalue weighted by Gasteiger charge is -2.30. The highest BCUT2D eigenvalue weighted by Crippen LogP contribution is 2.46. The second kappa shape index (κ2) is 14.7. The number of amides is 4. The highest BCUT2D eigenvalue weighted by atomic mass is 32.2. The summed E-state index contributed by atoms with van der Waals surface area (Å²) >= 11 is 0.